The van der Waals surface area contributed by atoms with Crippen LogP contribution >= 0.6 is 0 Å². The molecule has 1 spiro atoms. The van der Waals surface area contributed by atoms with Crippen molar-refractivity contribution in [3.05, 3.63) is 46.1 Å². The second-order valence-electron chi connectivity index (χ2n) is 12.3. The van der Waals surface area contributed by atoms with Crippen LogP contribution in [0, 0.1) is 17.3 Å². The fraction of sp³-hybridized carbons (Fsp3) is 0.688. The van der Waals surface area contributed by atoms with Crippen LogP contribution in [0.5, 0.6) is 0 Å². The van der Waals surface area contributed by atoms with Crippen LogP contribution < -0.4 is 0 Å². The summed E-state index contributed by atoms with van der Waals surface area (Å²) in [6.07, 6.45) is 15.1. The number of aliphatic hydroxyl groups excluding tert-OH is 1. The molecule has 5 rings (SSSR count). The van der Waals surface area contributed by atoms with E-state index in [4.69, 9.17) is 14.5 Å². The summed E-state index contributed by atoms with van der Waals surface area (Å²) in [5.74, 6) is 0.459. The van der Waals surface area contributed by atoms with Crippen molar-refractivity contribution in [1.82, 2.24) is 0 Å². The van der Waals surface area contributed by atoms with Gasteiger partial charge >= 0.3 is 5.97 Å². The number of hydrogen-bond donors (Lipinski definition) is 1. The number of aliphatic hydroxyl groups is 1. The fourth-order valence-corrected chi connectivity index (χ4v) is 7.70. The van der Waals surface area contributed by atoms with E-state index < -0.39 is 6.10 Å². The van der Waals surface area contributed by atoms with Crippen LogP contribution in [0.15, 0.2) is 51.1 Å². The summed E-state index contributed by atoms with van der Waals surface area (Å²) in [4.78, 5) is 17.4. The standard InChI is InChI=1S/C32H45NO4/c1-19-8-6-9-29-32(13-7-15-33-29)14-12-25(28-18-22(4)31(35)37-28)23(5)26(32)17-20(2)27(34)11-10-24-16-21(3)30(19)36-24/h8,17-18,21,24,26-28,30,34H,6-7,9-16H2,1-5H3/b19-8+,20-17+/t21-,24+,26+,27+,28+,30-,32+/m1/s1. The molecule has 0 unspecified atom stereocenters. The Balaban J connectivity index is 1.55. The van der Waals surface area contributed by atoms with Crippen molar-refractivity contribution in [3.8, 4) is 0 Å². The maximum atomic E-state index is 12.2. The number of rotatable bonds is 1. The zero-order chi connectivity index (χ0) is 26.3. The van der Waals surface area contributed by atoms with Crippen LogP contribution in [-0.4, -0.2) is 47.7 Å². The second kappa shape index (κ2) is 10.6. The average molecular weight is 508 g/mol. The first-order chi connectivity index (χ1) is 17.7. The van der Waals surface area contributed by atoms with Crippen LogP contribution in [0.2, 0.25) is 0 Å². The molecule has 5 nitrogen and oxygen atoms in total. The lowest BCUT2D eigenvalue weighted by atomic mass is 9.57. The molecule has 4 aliphatic heterocycles. The smallest absolute Gasteiger partial charge is 0.334 e. The number of hydrogen-bond acceptors (Lipinski definition) is 5. The van der Waals surface area contributed by atoms with Gasteiger partial charge in [-0.25, -0.2) is 4.79 Å². The molecule has 0 amide bonds. The molecule has 0 saturated carbocycles. The summed E-state index contributed by atoms with van der Waals surface area (Å²) in [6, 6.07) is 0. The molecule has 0 aromatic carbocycles. The monoisotopic (exact) mass is 507 g/mol. The third kappa shape index (κ3) is 5.06. The Labute approximate surface area is 222 Å². The SMILES string of the molecule is CC1=C[C@@H](C2=C(C)[C@@H]3/C=C(\C)[C@@H](O)CC[C@H]4C[C@@H](C)[C@H](O4)/C(C)=C/CCC4=NCCC[C@@]43CC2)OC1=O. The zero-order valence-electron chi connectivity index (χ0n) is 23.4. The van der Waals surface area contributed by atoms with E-state index in [1.807, 2.05) is 13.0 Å². The molecule has 1 fully saturated rings. The van der Waals surface area contributed by atoms with Crippen LogP contribution in [0.4, 0.5) is 0 Å². The topological polar surface area (TPSA) is 68.1 Å². The van der Waals surface area contributed by atoms with Crippen molar-refractivity contribution in [2.24, 2.45) is 22.2 Å². The number of carbonyl (C=O) groups is 1. The zero-order valence-corrected chi connectivity index (χ0v) is 23.4. The highest BCUT2D eigenvalue weighted by atomic mass is 16.5. The maximum absolute atomic E-state index is 12.2. The highest BCUT2D eigenvalue weighted by Crippen LogP contribution is 2.53. The van der Waals surface area contributed by atoms with E-state index in [0.717, 1.165) is 63.5 Å². The largest absolute Gasteiger partial charge is 0.450 e. The molecular weight excluding hydrogens is 462 g/mol. The van der Waals surface area contributed by atoms with Crippen molar-refractivity contribution < 1.29 is 19.4 Å². The predicted molar refractivity (Wildman–Crippen MR) is 147 cm³/mol. The number of aliphatic imine (C=N–C) groups is 1. The third-order valence-electron chi connectivity index (χ3n) is 9.87. The summed E-state index contributed by atoms with van der Waals surface area (Å²) in [6.45, 7) is 11.6. The first kappa shape index (κ1) is 26.6. The van der Waals surface area contributed by atoms with Crippen molar-refractivity contribution in [2.75, 3.05) is 6.54 Å². The lowest BCUT2D eigenvalue weighted by Crippen LogP contribution is -2.44. The van der Waals surface area contributed by atoms with Crippen molar-refractivity contribution in [1.29, 1.82) is 0 Å². The fourth-order valence-electron chi connectivity index (χ4n) is 7.70. The van der Waals surface area contributed by atoms with Gasteiger partial charge in [-0.3, -0.25) is 4.99 Å². The number of allylic oxidation sites excluding steroid dienone is 3. The molecule has 0 radical (unpaired) electrons. The first-order valence-corrected chi connectivity index (χ1v) is 14.5. The summed E-state index contributed by atoms with van der Waals surface area (Å²) in [5, 5.41) is 11.2. The molecule has 5 heteroatoms. The Morgan fingerprint density at radius 1 is 1.05 bits per heavy atom. The lowest BCUT2D eigenvalue weighted by Gasteiger charge is -2.48. The van der Waals surface area contributed by atoms with Crippen LogP contribution in [-0.2, 0) is 14.3 Å². The average Bonchev–Trinajstić information content (AvgIpc) is 3.41. The second-order valence-corrected chi connectivity index (χ2v) is 12.3. The quantitative estimate of drug-likeness (QED) is 0.328. The Hall–Kier alpha value is -1.98. The molecule has 37 heavy (non-hydrogen) atoms. The highest BCUT2D eigenvalue weighted by molar-refractivity contribution is 5.93. The minimum absolute atomic E-state index is 0.0289. The molecule has 5 aliphatic rings. The molecule has 1 N–H and O–H groups in total. The van der Waals surface area contributed by atoms with Gasteiger partial charge in [0, 0.05) is 29.2 Å². The number of ether oxygens (including phenoxy) is 2. The van der Waals surface area contributed by atoms with Gasteiger partial charge in [-0.05, 0) is 114 Å². The molecule has 1 aliphatic carbocycles. The minimum atomic E-state index is -0.481. The van der Waals surface area contributed by atoms with Crippen molar-refractivity contribution in [3.63, 3.8) is 0 Å². The molecule has 7 atom stereocenters. The number of esters is 1. The van der Waals surface area contributed by atoms with E-state index in [-0.39, 0.29) is 35.6 Å². The number of nitrogens with zero attached hydrogens (tertiary/aromatic N) is 1. The summed E-state index contributed by atoms with van der Waals surface area (Å²) in [5.41, 5.74) is 6.92. The molecule has 202 valence electrons. The van der Waals surface area contributed by atoms with Crippen molar-refractivity contribution >= 4 is 11.7 Å². The van der Waals surface area contributed by atoms with Gasteiger partial charge in [0.2, 0.25) is 0 Å². The van der Waals surface area contributed by atoms with E-state index in [1.54, 1.807) is 0 Å². The third-order valence-corrected chi connectivity index (χ3v) is 9.87. The number of carbonyl (C=O) groups excluding carboxylic acids is 1. The van der Waals surface area contributed by atoms with Gasteiger partial charge in [-0.2, -0.15) is 0 Å². The van der Waals surface area contributed by atoms with Crippen LogP contribution in [0.3, 0.4) is 0 Å². The van der Waals surface area contributed by atoms with Gasteiger partial charge in [-0.1, -0.05) is 24.6 Å². The number of fused-ring (bicyclic) bond motifs is 2. The van der Waals surface area contributed by atoms with Gasteiger partial charge in [0.25, 0.3) is 0 Å². The van der Waals surface area contributed by atoms with Crippen molar-refractivity contribution in [2.45, 2.75) is 117 Å². The van der Waals surface area contributed by atoms with E-state index in [2.05, 4.69) is 39.8 Å². The lowest BCUT2D eigenvalue weighted by molar-refractivity contribution is -0.138. The summed E-state index contributed by atoms with van der Waals surface area (Å²) >= 11 is 0. The maximum Gasteiger partial charge on any atom is 0.334 e. The molecule has 0 aromatic heterocycles. The minimum Gasteiger partial charge on any atom is -0.450 e. The Kier molecular flexibility index (Phi) is 7.66. The Bertz CT molecular complexity index is 1080. The van der Waals surface area contributed by atoms with E-state index in [1.165, 1.54) is 22.4 Å². The molecule has 4 heterocycles. The summed E-state index contributed by atoms with van der Waals surface area (Å²) in [7, 11) is 0. The van der Waals surface area contributed by atoms with E-state index >= 15 is 0 Å². The first-order valence-electron chi connectivity index (χ1n) is 14.5. The van der Waals surface area contributed by atoms with Crippen LogP contribution in [0.1, 0.15) is 92.4 Å². The van der Waals surface area contributed by atoms with Gasteiger partial charge in [0.1, 0.15) is 6.10 Å². The molecule has 1 saturated heterocycles. The van der Waals surface area contributed by atoms with Gasteiger partial charge in [-0.15, -0.1) is 0 Å². The summed E-state index contributed by atoms with van der Waals surface area (Å²) < 4.78 is 12.2. The van der Waals surface area contributed by atoms with E-state index in [0.29, 0.717) is 17.9 Å². The van der Waals surface area contributed by atoms with Gasteiger partial charge < -0.3 is 14.6 Å². The Morgan fingerprint density at radius 3 is 2.62 bits per heavy atom. The highest BCUT2D eigenvalue weighted by Gasteiger charge is 2.48. The van der Waals surface area contributed by atoms with Gasteiger partial charge in [0.05, 0.1) is 18.3 Å². The normalized spacial score (nSPS) is 42.2. The van der Waals surface area contributed by atoms with Gasteiger partial charge in [0.15, 0.2) is 0 Å². The Morgan fingerprint density at radius 2 is 1.86 bits per heavy atom. The predicted octanol–water partition coefficient (Wildman–Crippen LogP) is 6.43. The molecule has 0 aromatic rings. The van der Waals surface area contributed by atoms with Crippen LogP contribution in [0.25, 0.3) is 0 Å². The molecule has 2 bridgehead atoms. The number of cyclic esters (lactones) is 1. The molecular formula is C32H45NO4. The van der Waals surface area contributed by atoms with E-state index in [9.17, 15) is 9.90 Å².